The van der Waals surface area contributed by atoms with Gasteiger partial charge in [0.2, 0.25) is 0 Å². The lowest BCUT2D eigenvalue weighted by atomic mass is 10.2. The molecule has 2 saturated heterocycles. The zero-order valence-corrected chi connectivity index (χ0v) is 12.1. The highest BCUT2D eigenvalue weighted by atomic mass is 32.2. The third-order valence-corrected chi connectivity index (χ3v) is 4.86. The van der Waals surface area contributed by atoms with Crippen molar-refractivity contribution in [2.45, 2.75) is 32.4 Å². The van der Waals surface area contributed by atoms with Gasteiger partial charge < -0.3 is 10.2 Å². The second-order valence-electron chi connectivity index (χ2n) is 5.48. The molecule has 100 valence electrons. The van der Waals surface area contributed by atoms with Gasteiger partial charge >= 0.3 is 0 Å². The third-order valence-electron chi connectivity index (χ3n) is 3.91. The van der Waals surface area contributed by atoms with Crippen molar-refractivity contribution >= 4 is 11.8 Å². The summed E-state index contributed by atoms with van der Waals surface area (Å²) in [5.41, 5.74) is 0. The minimum atomic E-state index is 0.709. The Kier molecular flexibility index (Phi) is 5.60. The van der Waals surface area contributed by atoms with E-state index in [1.807, 2.05) is 0 Å². The van der Waals surface area contributed by atoms with E-state index in [2.05, 4.69) is 40.7 Å². The fraction of sp³-hybridized carbons (Fsp3) is 1.00. The monoisotopic (exact) mass is 257 g/mol. The molecule has 4 heteroatoms. The van der Waals surface area contributed by atoms with Crippen LogP contribution in [0.2, 0.25) is 0 Å². The Morgan fingerprint density at radius 3 is 2.65 bits per heavy atom. The van der Waals surface area contributed by atoms with Gasteiger partial charge in [-0.05, 0) is 26.8 Å². The standard InChI is InChI=1S/C13H27N3S/c1-12(2)16-5-3-13(11-16)14-4-6-15-7-9-17-10-8-15/h12-14H,3-11H2,1-2H3. The molecule has 2 aliphatic heterocycles. The van der Waals surface area contributed by atoms with Crippen molar-refractivity contribution in [3.05, 3.63) is 0 Å². The highest BCUT2D eigenvalue weighted by Gasteiger charge is 2.23. The molecule has 0 aromatic heterocycles. The van der Waals surface area contributed by atoms with Crippen molar-refractivity contribution in [2.24, 2.45) is 0 Å². The number of likely N-dealkylation sites (tertiary alicyclic amines) is 1. The van der Waals surface area contributed by atoms with Gasteiger partial charge in [-0.2, -0.15) is 11.8 Å². The number of nitrogens with zero attached hydrogens (tertiary/aromatic N) is 2. The average molecular weight is 257 g/mol. The lowest BCUT2D eigenvalue weighted by molar-refractivity contribution is 0.263. The fourth-order valence-electron chi connectivity index (χ4n) is 2.67. The van der Waals surface area contributed by atoms with Crippen molar-refractivity contribution in [3.8, 4) is 0 Å². The van der Waals surface area contributed by atoms with E-state index in [9.17, 15) is 0 Å². The maximum absolute atomic E-state index is 3.72. The molecule has 17 heavy (non-hydrogen) atoms. The Morgan fingerprint density at radius 1 is 1.24 bits per heavy atom. The highest BCUT2D eigenvalue weighted by molar-refractivity contribution is 7.99. The van der Waals surface area contributed by atoms with Crippen LogP contribution in [0.5, 0.6) is 0 Å². The normalized spacial score (nSPS) is 28.1. The summed E-state index contributed by atoms with van der Waals surface area (Å²) in [4.78, 5) is 5.17. The van der Waals surface area contributed by atoms with Crippen LogP contribution >= 0.6 is 11.8 Å². The van der Waals surface area contributed by atoms with Gasteiger partial charge in [0, 0.05) is 56.3 Å². The molecule has 0 amide bonds. The van der Waals surface area contributed by atoms with Crippen LogP contribution in [0.1, 0.15) is 20.3 Å². The van der Waals surface area contributed by atoms with E-state index in [1.54, 1.807) is 0 Å². The third kappa shape index (κ3) is 4.43. The van der Waals surface area contributed by atoms with Gasteiger partial charge in [-0.3, -0.25) is 4.90 Å². The van der Waals surface area contributed by atoms with E-state index in [-0.39, 0.29) is 0 Å². The van der Waals surface area contributed by atoms with Crippen molar-refractivity contribution in [1.82, 2.24) is 15.1 Å². The zero-order valence-electron chi connectivity index (χ0n) is 11.3. The zero-order chi connectivity index (χ0) is 12.1. The first kappa shape index (κ1) is 13.7. The molecule has 1 unspecified atom stereocenters. The Hall–Kier alpha value is 0.230. The molecule has 2 aliphatic rings. The molecule has 0 aromatic carbocycles. The van der Waals surface area contributed by atoms with E-state index < -0.39 is 0 Å². The van der Waals surface area contributed by atoms with E-state index in [1.165, 1.54) is 57.2 Å². The minimum absolute atomic E-state index is 0.709. The Balaban J connectivity index is 1.56. The number of hydrogen-bond acceptors (Lipinski definition) is 4. The van der Waals surface area contributed by atoms with Crippen LogP contribution in [0.3, 0.4) is 0 Å². The summed E-state index contributed by atoms with van der Waals surface area (Å²) in [6.07, 6.45) is 1.33. The Bertz CT molecular complexity index is 217. The number of thioether (sulfide) groups is 1. The lowest BCUT2D eigenvalue weighted by Gasteiger charge is -2.27. The molecule has 0 aliphatic carbocycles. The molecule has 1 atom stereocenters. The highest BCUT2D eigenvalue weighted by Crippen LogP contribution is 2.12. The van der Waals surface area contributed by atoms with Crippen molar-refractivity contribution < 1.29 is 0 Å². The molecule has 3 nitrogen and oxygen atoms in total. The maximum atomic E-state index is 3.72. The predicted molar refractivity (Wildman–Crippen MR) is 76.9 cm³/mol. The first-order valence-electron chi connectivity index (χ1n) is 7.03. The Morgan fingerprint density at radius 2 is 2.00 bits per heavy atom. The number of rotatable bonds is 5. The van der Waals surface area contributed by atoms with Crippen LogP contribution in [0.15, 0.2) is 0 Å². The summed E-state index contributed by atoms with van der Waals surface area (Å²) in [5, 5.41) is 3.72. The van der Waals surface area contributed by atoms with Gasteiger partial charge in [-0.1, -0.05) is 0 Å². The Labute approximate surface area is 110 Å². The summed E-state index contributed by atoms with van der Waals surface area (Å²) in [5.74, 6) is 2.65. The van der Waals surface area contributed by atoms with Crippen LogP contribution in [0.4, 0.5) is 0 Å². The predicted octanol–water partition coefficient (Wildman–Crippen LogP) is 1.11. The summed E-state index contributed by atoms with van der Waals surface area (Å²) < 4.78 is 0. The number of hydrogen-bond donors (Lipinski definition) is 1. The molecule has 2 rings (SSSR count). The molecule has 1 N–H and O–H groups in total. The molecule has 0 bridgehead atoms. The lowest BCUT2D eigenvalue weighted by Crippen LogP contribution is -2.41. The molecule has 0 spiro atoms. The molecule has 0 radical (unpaired) electrons. The molecule has 0 aromatic rings. The van der Waals surface area contributed by atoms with E-state index in [0.29, 0.717) is 6.04 Å². The van der Waals surface area contributed by atoms with Gasteiger partial charge in [0.1, 0.15) is 0 Å². The second-order valence-corrected chi connectivity index (χ2v) is 6.71. The van der Waals surface area contributed by atoms with Crippen molar-refractivity contribution in [1.29, 1.82) is 0 Å². The summed E-state index contributed by atoms with van der Waals surface area (Å²) in [7, 11) is 0. The van der Waals surface area contributed by atoms with E-state index in [0.717, 1.165) is 6.04 Å². The fourth-order valence-corrected chi connectivity index (χ4v) is 3.65. The first-order valence-corrected chi connectivity index (χ1v) is 8.18. The smallest absolute Gasteiger partial charge is 0.0207 e. The van der Waals surface area contributed by atoms with Gasteiger partial charge in [-0.15, -0.1) is 0 Å². The summed E-state index contributed by atoms with van der Waals surface area (Å²) in [6.45, 7) is 12.1. The van der Waals surface area contributed by atoms with Gasteiger partial charge in [-0.25, -0.2) is 0 Å². The van der Waals surface area contributed by atoms with E-state index >= 15 is 0 Å². The quantitative estimate of drug-likeness (QED) is 0.795. The summed E-state index contributed by atoms with van der Waals surface area (Å²) >= 11 is 2.09. The molecule has 2 fully saturated rings. The summed E-state index contributed by atoms with van der Waals surface area (Å²) in [6, 6.07) is 1.44. The van der Waals surface area contributed by atoms with Gasteiger partial charge in [0.15, 0.2) is 0 Å². The topological polar surface area (TPSA) is 18.5 Å². The van der Waals surface area contributed by atoms with Gasteiger partial charge in [0.25, 0.3) is 0 Å². The van der Waals surface area contributed by atoms with Crippen LogP contribution < -0.4 is 5.32 Å². The molecule has 0 saturated carbocycles. The van der Waals surface area contributed by atoms with Crippen LogP contribution in [-0.2, 0) is 0 Å². The van der Waals surface area contributed by atoms with Crippen molar-refractivity contribution in [3.63, 3.8) is 0 Å². The molecular weight excluding hydrogens is 230 g/mol. The second kappa shape index (κ2) is 6.98. The SMILES string of the molecule is CC(C)N1CCC(NCCN2CCSCC2)C1. The first-order chi connectivity index (χ1) is 8.25. The largest absolute Gasteiger partial charge is 0.311 e. The maximum Gasteiger partial charge on any atom is 0.0207 e. The van der Waals surface area contributed by atoms with Crippen LogP contribution in [0, 0.1) is 0 Å². The van der Waals surface area contributed by atoms with Crippen LogP contribution in [0.25, 0.3) is 0 Å². The minimum Gasteiger partial charge on any atom is -0.311 e. The van der Waals surface area contributed by atoms with Gasteiger partial charge in [0.05, 0.1) is 0 Å². The average Bonchev–Trinajstić information content (AvgIpc) is 2.79. The molecular formula is C13H27N3S. The molecule has 2 heterocycles. The van der Waals surface area contributed by atoms with Crippen molar-refractivity contribution in [2.75, 3.05) is 50.8 Å². The number of nitrogens with one attached hydrogen (secondary N) is 1. The van der Waals surface area contributed by atoms with Crippen LogP contribution in [-0.4, -0.2) is 72.7 Å². The van der Waals surface area contributed by atoms with E-state index in [4.69, 9.17) is 0 Å².